The number of aromatic nitrogens is 2. The van der Waals surface area contributed by atoms with Gasteiger partial charge in [0.2, 0.25) is 5.82 Å². The summed E-state index contributed by atoms with van der Waals surface area (Å²) in [5.74, 6) is -0.926. The lowest BCUT2D eigenvalue weighted by atomic mass is 10.2. The molecule has 0 fully saturated rings. The van der Waals surface area contributed by atoms with E-state index in [1.165, 1.54) is 4.57 Å². The first-order chi connectivity index (χ1) is 6.68. The molecule has 0 aliphatic heterocycles. The monoisotopic (exact) mass is 196 g/mol. The Bertz CT molecular complexity index is 486. The molecule has 0 amide bonds. The van der Waals surface area contributed by atoms with E-state index in [0.717, 1.165) is 19.0 Å². The SMILES string of the molecule is O=c1[nH]c(=O)n([C@@H]2C=CCC2)cc1F. The van der Waals surface area contributed by atoms with Crippen LogP contribution in [0.4, 0.5) is 4.39 Å². The number of hydrogen-bond acceptors (Lipinski definition) is 2. The third-order valence-electron chi connectivity index (χ3n) is 2.27. The summed E-state index contributed by atoms with van der Waals surface area (Å²) in [4.78, 5) is 24.0. The zero-order valence-electron chi connectivity index (χ0n) is 7.37. The molecule has 74 valence electrons. The van der Waals surface area contributed by atoms with Gasteiger partial charge in [0.1, 0.15) is 0 Å². The molecule has 1 heterocycles. The minimum absolute atomic E-state index is 0.131. The molecule has 1 aliphatic rings. The van der Waals surface area contributed by atoms with Crippen LogP contribution in [-0.4, -0.2) is 9.55 Å². The second-order valence-corrected chi connectivity index (χ2v) is 3.22. The van der Waals surface area contributed by atoms with Gasteiger partial charge in [-0.05, 0) is 12.8 Å². The highest BCUT2D eigenvalue weighted by molar-refractivity contribution is 5.02. The van der Waals surface area contributed by atoms with Crippen molar-refractivity contribution in [3.05, 3.63) is 45.0 Å². The molecule has 1 N–H and O–H groups in total. The number of H-pyrrole nitrogens is 1. The molecule has 1 aromatic rings. The minimum atomic E-state index is -0.965. The maximum atomic E-state index is 12.9. The van der Waals surface area contributed by atoms with E-state index in [1.54, 1.807) is 0 Å². The molecule has 1 aromatic heterocycles. The lowest BCUT2D eigenvalue weighted by Gasteiger charge is -2.10. The molecule has 0 unspecified atom stereocenters. The van der Waals surface area contributed by atoms with E-state index in [1.807, 2.05) is 17.1 Å². The molecule has 0 aromatic carbocycles. The summed E-state index contributed by atoms with van der Waals surface area (Å²) in [6, 6.07) is -0.131. The van der Waals surface area contributed by atoms with Gasteiger partial charge in [0.15, 0.2) is 0 Å². The predicted octanol–water partition coefficient (Wildman–Crippen LogP) is 0.567. The number of nitrogens with zero attached hydrogens (tertiary/aromatic N) is 1. The number of hydrogen-bond donors (Lipinski definition) is 1. The smallest absolute Gasteiger partial charge is 0.291 e. The standard InChI is InChI=1S/C9H9FN2O2/c10-7-5-12(6-3-1-2-4-6)9(14)11-8(7)13/h1,3,5-6H,2,4H2,(H,11,13,14)/t6-/m1/s1. The molecule has 0 saturated carbocycles. The van der Waals surface area contributed by atoms with E-state index in [2.05, 4.69) is 0 Å². The van der Waals surface area contributed by atoms with Crippen LogP contribution in [0.25, 0.3) is 0 Å². The molecule has 0 saturated heterocycles. The maximum absolute atomic E-state index is 12.9. The summed E-state index contributed by atoms with van der Waals surface area (Å²) < 4.78 is 14.1. The molecule has 4 nitrogen and oxygen atoms in total. The highest BCUT2D eigenvalue weighted by Crippen LogP contribution is 2.20. The van der Waals surface area contributed by atoms with Gasteiger partial charge in [0, 0.05) is 0 Å². The summed E-state index contributed by atoms with van der Waals surface area (Å²) in [6.07, 6.45) is 6.37. The van der Waals surface area contributed by atoms with E-state index in [0.29, 0.717) is 0 Å². The van der Waals surface area contributed by atoms with Crippen LogP contribution >= 0.6 is 0 Å². The Hall–Kier alpha value is -1.65. The Balaban J connectivity index is 2.53. The first kappa shape index (κ1) is 8.93. The van der Waals surface area contributed by atoms with Crippen LogP contribution in [0.2, 0.25) is 0 Å². The Morgan fingerprint density at radius 1 is 1.50 bits per heavy atom. The molecule has 0 spiro atoms. The van der Waals surface area contributed by atoms with E-state index in [9.17, 15) is 14.0 Å². The van der Waals surface area contributed by atoms with Gasteiger partial charge in [-0.15, -0.1) is 0 Å². The van der Waals surface area contributed by atoms with Crippen LogP contribution in [0.15, 0.2) is 27.9 Å². The van der Waals surface area contributed by atoms with Crippen LogP contribution in [0.5, 0.6) is 0 Å². The zero-order chi connectivity index (χ0) is 10.1. The zero-order valence-corrected chi connectivity index (χ0v) is 7.37. The lowest BCUT2D eigenvalue weighted by Crippen LogP contribution is -2.32. The van der Waals surface area contributed by atoms with Crippen molar-refractivity contribution >= 4 is 0 Å². The molecule has 1 aliphatic carbocycles. The number of rotatable bonds is 1. The van der Waals surface area contributed by atoms with Crippen molar-refractivity contribution in [2.75, 3.05) is 0 Å². The number of nitrogens with one attached hydrogen (secondary N) is 1. The molecular weight excluding hydrogens is 187 g/mol. The van der Waals surface area contributed by atoms with Gasteiger partial charge < -0.3 is 0 Å². The molecular formula is C9H9FN2O2. The first-order valence-corrected chi connectivity index (χ1v) is 4.36. The van der Waals surface area contributed by atoms with Crippen LogP contribution < -0.4 is 11.2 Å². The fourth-order valence-corrected chi connectivity index (χ4v) is 1.56. The topological polar surface area (TPSA) is 54.9 Å². The highest BCUT2D eigenvalue weighted by Gasteiger charge is 2.14. The van der Waals surface area contributed by atoms with Gasteiger partial charge in [-0.1, -0.05) is 12.2 Å². The second kappa shape index (κ2) is 3.25. The van der Waals surface area contributed by atoms with Crippen LogP contribution in [0, 0.1) is 5.82 Å². The van der Waals surface area contributed by atoms with Crippen molar-refractivity contribution in [2.45, 2.75) is 18.9 Å². The van der Waals surface area contributed by atoms with E-state index < -0.39 is 17.1 Å². The van der Waals surface area contributed by atoms with E-state index >= 15 is 0 Å². The van der Waals surface area contributed by atoms with Crippen LogP contribution in [0.3, 0.4) is 0 Å². The van der Waals surface area contributed by atoms with Crippen LogP contribution in [-0.2, 0) is 0 Å². The number of halogens is 1. The van der Waals surface area contributed by atoms with Crippen molar-refractivity contribution in [3.63, 3.8) is 0 Å². The van der Waals surface area contributed by atoms with Crippen molar-refractivity contribution in [3.8, 4) is 0 Å². The van der Waals surface area contributed by atoms with E-state index in [4.69, 9.17) is 0 Å². The van der Waals surface area contributed by atoms with Crippen molar-refractivity contribution in [2.24, 2.45) is 0 Å². The van der Waals surface area contributed by atoms with Crippen molar-refractivity contribution < 1.29 is 4.39 Å². The van der Waals surface area contributed by atoms with Gasteiger partial charge in [0.05, 0.1) is 12.2 Å². The Morgan fingerprint density at radius 3 is 2.93 bits per heavy atom. The number of aromatic amines is 1. The fraction of sp³-hybridized carbons (Fsp3) is 0.333. The molecule has 0 radical (unpaired) electrons. The summed E-state index contributed by atoms with van der Waals surface area (Å²) in [5, 5.41) is 0. The average Bonchev–Trinajstić information content (AvgIpc) is 2.64. The summed E-state index contributed by atoms with van der Waals surface area (Å²) in [7, 11) is 0. The third-order valence-corrected chi connectivity index (χ3v) is 2.27. The molecule has 0 bridgehead atoms. The Labute approximate surface area is 78.7 Å². The van der Waals surface area contributed by atoms with Gasteiger partial charge in [-0.3, -0.25) is 14.3 Å². The average molecular weight is 196 g/mol. The quantitative estimate of drug-likeness (QED) is 0.667. The van der Waals surface area contributed by atoms with Crippen molar-refractivity contribution in [1.29, 1.82) is 0 Å². The lowest BCUT2D eigenvalue weighted by molar-refractivity contribution is 0.510. The third kappa shape index (κ3) is 1.41. The Morgan fingerprint density at radius 2 is 2.29 bits per heavy atom. The summed E-state index contributed by atoms with van der Waals surface area (Å²) in [6.45, 7) is 0. The maximum Gasteiger partial charge on any atom is 0.329 e. The predicted molar refractivity (Wildman–Crippen MR) is 48.7 cm³/mol. The molecule has 14 heavy (non-hydrogen) atoms. The van der Waals surface area contributed by atoms with Gasteiger partial charge in [0.25, 0.3) is 5.56 Å². The molecule has 2 rings (SSSR count). The summed E-state index contributed by atoms with van der Waals surface area (Å²) >= 11 is 0. The molecule has 1 atom stereocenters. The van der Waals surface area contributed by atoms with Gasteiger partial charge >= 0.3 is 5.69 Å². The fourth-order valence-electron chi connectivity index (χ4n) is 1.56. The largest absolute Gasteiger partial charge is 0.329 e. The number of allylic oxidation sites excluding steroid dienone is 2. The summed E-state index contributed by atoms with van der Waals surface area (Å²) in [5.41, 5.74) is -1.53. The first-order valence-electron chi connectivity index (χ1n) is 4.36. The normalized spacial score (nSPS) is 20.2. The van der Waals surface area contributed by atoms with Gasteiger partial charge in [-0.2, -0.15) is 4.39 Å². The van der Waals surface area contributed by atoms with Crippen molar-refractivity contribution in [1.82, 2.24) is 9.55 Å². The van der Waals surface area contributed by atoms with Crippen LogP contribution in [0.1, 0.15) is 18.9 Å². The van der Waals surface area contributed by atoms with Gasteiger partial charge in [-0.25, -0.2) is 4.79 Å². The second-order valence-electron chi connectivity index (χ2n) is 3.22. The Kier molecular flexibility index (Phi) is 2.07. The van der Waals surface area contributed by atoms with E-state index in [-0.39, 0.29) is 6.04 Å². The highest BCUT2D eigenvalue weighted by atomic mass is 19.1. The minimum Gasteiger partial charge on any atom is -0.291 e. The molecule has 5 heteroatoms.